The predicted octanol–water partition coefficient (Wildman–Crippen LogP) is 5.25. The summed E-state index contributed by atoms with van der Waals surface area (Å²) in [5.41, 5.74) is 2.87. The van der Waals surface area contributed by atoms with E-state index in [0.29, 0.717) is 28.1 Å². The second kappa shape index (κ2) is 7.83. The Morgan fingerprint density at radius 2 is 2.08 bits per heavy atom. The summed E-state index contributed by atoms with van der Waals surface area (Å²) >= 11 is 7.64. The van der Waals surface area contributed by atoms with Gasteiger partial charge in [-0.25, -0.2) is 4.98 Å². The van der Waals surface area contributed by atoms with Gasteiger partial charge in [0.2, 0.25) is 0 Å². The van der Waals surface area contributed by atoms with E-state index in [2.05, 4.69) is 11.5 Å². The van der Waals surface area contributed by atoms with Gasteiger partial charge in [-0.1, -0.05) is 36.2 Å². The van der Waals surface area contributed by atoms with Crippen LogP contribution in [-0.4, -0.2) is 28.2 Å². The summed E-state index contributed by atoms with van der Waals surface area (Å²) in [6.45, 7) is 4.16. The quantitative estimate of drug-likeness (QED) is 0.508. The number of ether oxygens (including phenoxy) is 1. The molecule has 1 fully saturated rings. The van der Waals surface area contributed by atoms with Crippen molar-refractivity contribution in [2.45, 2.75) is 50.7 Å². The maximum absolute atomic E-state index is 12.5. The topological polar surface area (TPSA) is 44.1 Å². The molecule has 0 aliphatic heterocycles. The largest absolute Gasteiger partial charge is 0.495 e. The number of Topliss-reactive ketones (excluding diaryl/α,β-unsaturated/α-hetero) is 1. The third-order valence-corrected chi connectivity index (χ3v) is 6.10. The Morgan fingerprint density at radius 1 is 1.36 bits per heavy atom. The van der Waals surface area contributed by atoms with Crippen molar-refractivity contribution in [3.8, 4) is 5.75 Å². The van der Waals surface area contributed by atoms with Crippen molar-refractivity contribution in [3.63, 3.8) is 0 Å². The highest BCUT2D eigenvalue weighted by molar-refractivity contribution is 7.99. The number of thioether (sulfide) groups is 1. The third kappa shape index (κ3) is 3.87. The number of methoxy groups -OCH3 is 1. The number of halogens is 1. The number of carbonyl (C=O) groups excluding carboxylic acids is 1. The zero-order valence-corrected chi connectivity index (χ0v) is 16.4. The Balaban J connectivity index is 1.74. The molecule has 0 unspecified atom stereocenters. The van der Waals surface area contributed by atoms with Crippen molar-refractivity contribution in [1.82, 2.24) is 9.55 Å². The van der Waals surface area contributed by atoms with Gasteiger partial charge in [-0.3, -0.25) is 4.79 Å². The van der Waals surface area contributed by atoms with Gasteiger partial charge in [0.05, 0.1) is 23.6 Å². The van der Waals surface area contributed by atoms with Gasteiger partial charge in [0, 0.05) is 17.3 Å². The van der Waals surface area contributed by atoms with Crippen LogP contribution in [0.1, 0.15) is 53.5 Å². The fourth-order valence-electron chi connectivity index (χ4n) is 3.34. The van der Waals surface area contributed by atoms with E-state index in [0.717, 1.165) is 10.9 Å². The van der Waals surface area contributed by atoms with Gasteiger partial charge in [0.1, 0.15) is 5.75 Å². The van der Waals surface area contributed by atoms with E-state index in [9.17, 15) is 4.79 Å². The molecule has 2 aromatic rings. The number of benzene rings is 1. The fourth-order valence-corrected chi connectivity index (χ4v) is 4.65. The zero-order valence-electron chi connectivity index (χ0n) is 14.8. The third-order valence-electron chi connectivity index (χ3n) is 4.85. The minimum absolute atomic E-state index is 0.0471. The molecule has 1 aromatic carbocycles. The van der Waals surface area contributed by atoms with E-state index < -0.39 is 0 Å². The van der Waals surface area contributed by atoms with E-state index in [-0.39, 0.29) is 5.78 Å². The Labute approximate surface area is 157 Å². The Morgan fingerprint density at radius 3 is 2.72 bits per heavy atom. The molecule has 0 bridgehead atoms. The van der Waals surface area contributed by atoms with Crippen molar-refractivity contribution < 1.29 is 9.53 Å². The maximum Gasteiger partial charge on any atom is 0.173 e. The van der Waals surface area contributed by atoms with Crippen LogP contribution in [0.15, 0.2) is 23.4 Å². The molecule has 0 radical (unpaired) electrons. The van der Waals surface area contributed by atoms with Gasteiger partial charge < -0.3 is 9.30 Å². The van der Waals surface area contributed by atoms with Crippen LogP contribution < -0.4 is 4.74 Å². The molecule has 0 atom stereocenters. The molecule has 1 saturated carbocycles. The minimum atomic E-state index is 0.0471. The molecule has 0 N–H and O–H groups in total. The molecule has 6 heteroatoms. The summed E-state index contributed by atoms with van der Waals surface area (Å²) in [6, 6.07) is 5.68. The normalized spacial score (nSPS) is 14.9. The van der Waals surface area contributed by atoms with Crippen LogP contribution in [-0.2, 0) is 0 Å². The molecule has 25 heavy (non-hydrogen) atoms. The Hall–Kier alpha value is -1.46. The standard InChI is InChI=1S/C19H23ClN2O2S/c1-12-13(2)22(15-6-4-5-7-15)19(21-12)25-11-17(23)14-8-9-18(24-3)16(20)10-14/h8-10,15H,4-7,11H2,1-3H3. The molecule has 1 heterocycles. The van der Waals surface area contributed by atoms with Crippen LogP contribution >= 0.6 is 23.4 Å². The van der Waals surface area contributed by atoms with Gasteiger partial charge in [-0.05, 0) is 44.9 Å². The summed E-state index contributed by atoms with van der Waals surface area (Å²) in [4.78, 5) is 17.2. The first-order valence-electron chi connectivity index (χ1n) is 8.56. The van der Waals surface area contributed by atoms with Crippen molar-refractivity contribution in [1.29, 1.82) is 0 Å². The molecule has 0 spiro atoms. The SMILES string of the molecule is COc1ccc(C(=O)CSc2nc(C)c(C)n2C2CCCC2)cc1Cl. The molecule has 3 rings (SSSR count). The summed E-state index contributed by atoms with van der Waals surface area (Å²) in [6.07, 6.45) is 4.95. The molecule has 1 aliphatic rings. The van der Waals surface area contributed by atoms with E-state index in [4.69, 9.17) is 21.3 Å². The number of nitrogens with zero attached hydrogens (tertiary/aromatic N) is 2. The smallest absolute Gasteiger partial charge is 0.173 e. The molecule has 134 valence electrons. The van der Waals surface area contributed by atoms with Crippen LogP contribution in [0, 0.1) is 13.8 Å². The van der Waals surface area contributed by atoms with E-state index in [1.807, 2.05) is 6.92 Å². The number of imidazole rings is 1. The first kappa shape index (κ1) is 18.3. The Bertz CT molecular complexity index is 782. The van der Waals surface area contributed by atoms with Crippen LogP contribution in [0.25, 0.3) is 0 Å². The summed E-state index contributed by atoms with van der Waals surface area (Å²) in [7, 11) is 1.56. The Kier molecular flexibility index (Phi) is 5.74. The number of aryl methyl sites for hydroxylation is 1. The number of carbonyl (C=O) groups is 1. The highest BCUT2D eigenvalue weighted by Gasteiger charge is 2.23. The minimum Gasteiger partial charge on any atom is -0.495 e. The van der Waals surface area contributed by atoms with Gasteiger partial charge in [-0.15, -0.1) is 0 Å². The lowest BCUT2D eigenvalue weighted by Gasteiger charge is -2.16. The molecule has 1 aromatic heterocycles. The van der Waals surface area contributed by atoms with Gasteiger partial charge in [-0.2, -0.15) is 0 Å². The highest BCUT2D eigenvalue weighted by Crippen LogP contribution is 2.35. The fraction of sp³-hybridized carbons (Fsp3) is 0.474. The number of rotatable bonds is 6. The van der Waals surface area contributed by atoms with Crippen molar-refractivity contribution in [2.24, 2.45) is 0 Å². The zero-order chi connectivity index (χ0) is 18.0. The first-order valence-corrected chi connectivity index (χ1v) is 9.92. The average Bonchev–Trinajstić information content (AvgIpc) is 3.21. The van der Waals surface area contributed by atoms with E-state index >= 15 is 0 Å². The molecule has 4 nitrogen and oxygen atoms in total. The molecular formula is C19H23ClN2O2S. The van der Waals surface area contributed by atoms with Gasteiger partial charge >= 0.3 is 0 Å². The van der Waals surface area contributed by atoms with Crippen molar-refractivity contribution >= 4 is 29.1 Å². The van der Waals surface area contributed by atoms with Crippen LogP contribution in [0.5, 0.6) is 5.75 Å². The predicted molar refractivity (Wildman–Crippen MR) is 102 cm³/mol. The lowest BCUT2D eigenvalue weighted by Crippen LogP contribution is -2.10. The van der Waals surface area contributed by atoms with Crippen LogP contribution in [0.3, 0.4) is 0 Å². The first-order chi connectivity index (χ1) is 12.0. The van der Waals surface area contributed by atoms with Crippen molar-refractivity contribution in [2.75, 3.05) is 12.9 Å². The summed E-state index contributed by atoms with van der Waals surface area (Å²) < 4.78 is 7.47. The maximum atomic E-state index is 12.5. The molecule has 0 saturated heterocycles. The monoisotopic (exact) mass is 378 g/mol. The summed E-state index contributed by atoms with van der Waals surface area (Å²) in [5, 5.41) is 1.41. The highest BCUT2D eigenvalue weighted by atomic mass is 35.5. The second-order valence-electron chi connectivity index (χ2n) is 6.43. The lowest BCUT2D eigenvalue weighted by atomic mass is 10.1. The number of aromatic nitrogens is 2. The van der Waals surface area contributed by atoms with Gasteiger partial charge in [0.15, 0.2) is 10.9 Å². The van der Waals surface area contributed by atoms with Crippen molar-refractivity contribution in [3.05, 3.63) is 40.2 Å². The van der Waals surface area contributed by atoms with Gasteiger partial charge in [0.25, 0.3) is 0 Å². The number of hydrogen-bond acceptors (Lipinski definition) is 4. The van der Waals surface area contributed by atoms with Crippen LogP contribution in [0.4, 0.5) is 0 Å². The number of ketones is 1. The average molecular weight is 379 g/mol. The number of hydrogen-bond donors (Lipinski definition) is 0. The second-order valence-corrected chi connectivity index (χ2v) is 7.78. The molecule has 0 amide bonds. The van der Waals surface area contributed by atoms with Crippen LogP contribution in [0.2, 0.25) is 5.02 Å². The molecular weight excluding hydrogens is 356 g/mol. The summed E-state index contributed by atoms with van der Waals surface area (Å²) in [5.74, 6) is 0.977. The lowest BCUT2D eigenvalue weighted by molar-refractivity contribution is 0.102. The van der Waals surface area contributed by atoms with E-state index in [1.165, 1.54) is 43.1 Å². The van der Waals surface area contributed by atoms with E-state index in [1.54, 1.807) is 25.3 Å². The molecule has 1 aliphatic carbocycles.